The Morgan fingerprint density at radius 2 is 1.89 bits per heavy atom. The van der Waals surface area contributed by atoms with Crippen molar-refractivity contribution in [1.29, 1.82) is 0 Å². The minimum Gasteiger partial charge on any atom is -0.478 e. The van der Waals surface area contributed by atoms with Crippen LogP contribution in [0, 0.1) is 13.8 Å². The molecule has 0 aliphatic heterocycles. The first-order valence-electron chi connectivity index (χ1n) is 11.6. The second-order valence-corrected chi connectivity index (χ2v) is 9.56. The lowest BCUT2D eigenvalue weighted by molar-refractivity contribution is -0.00892. The number of aromatic nitrogens is 2. The number of benzene rings is 2. The maximum absolute atomic E-state index is 11.3. The second kappa shape index (κ2) is 11.5. The molecule has 184 valence electrons. The molecule has 0 saturated heterocycles. The summed E-state index contributed by atoms with van der Waals surface area (Å²) in [5.74, 6) is -0.224. The van der Waals surface area contributed by atoms with E-state index >= 15 is 0 Å². The van der Waals surface area contributed by atoms with Crippen molar-refractivity contribution in [2.24, 2.45) is 5.73 Å². The van der Waals surface area contributed by atoms with Crippen LogP contribution in [-0.2, 0) is 4.74 Å². The van der Waals surface area contributed by atoms with Crippen LogP contribution in [0.25, 0.3) is 11.3 Å². The minimum atomic E-state index is -0.978. The van der Waals surface area contributed by atoms with Crippen LogP contribution >= 0.6 is 11.9 Å². The summed E-state index contributed by atoms with van der Waals surface area (Å²) >= 11 is 1.23. The fourth-order valence-corrected chi connectivity index (χ4v) is 4.36. The fraction of sp³-hybridized carbons (Fsp3) is 0.346. The van der Waals surface area contributed by atoms with E-state index in [1.165, 1.54) is 18.4 Å². The number of ether oxygens (including phenoxy) is 2. The third-order valence-electron chi connectivity index (χ3n) is 5.82. The molecule has 4 N–H and O–H groups in total. The van der Waals surface area contributed by atoms with Crippen LogP contribution in [0.1, 0.15) is 40.7 Å². The minimum absolute atomic E-state index is 0.212. The number of nitrogens with one attached hydrogen (secondary N) is 1. The van der Waals surface area contributed by atoms with Crippen molar-refractivity contribution in [3.63, 3.8) is 0 Å². The molecule has 1 aromatic heterocycles. The number of hydrogen-bond acceptors (Lipinski definition) is 8. The monoisotopic (exact) mass is 494 g/mol. The van der Waals surface area contributed by atoms with E-state index in [2.05, 4.69) is 9.71 Å². The van der Waals surface area contributed by atoms with Crippen molar-refractivity contribution in [1.82, 2.24) is 9.97 Å². The van der Waals surface area contributed by atoms with Crippen molar-refractivity contribution in [3.8, 4) is 17.1 Å². The maximum atomic E-state index is 11.3. The van der Waals surface area contributed by atoms with Gasteiger partial charge in [-0.15, -0.1) is 0 Å². The van der Waals surface area contributed by atoms with Crippen molar-refractivity contribution in [2.45, 2.75) is 50.2 Å². The van der Waals surface area contributed by atoms with Gasteiger partial charge >= 0.3 is 5.97 Å². The van der Waals surface area contributed by atoms with Crippen LogP contribution in [0.15, 0.2) is 53.4 Å². The lowest BCUT2D eigenvalue weighted by atomic mass is 9.96. The van der Waals surface area contributed by atoms with E-state index in [-0.39, 0.29) is 18.2 Å². The van der Waals surface area contributed by atoms with Crippen LogP contribution in [-0.4, -0.2) is 46.4 Å². The van der Waals surface area contributed by atoms with Gasteiger partial charge in [0.05, 0.1) is 30.0 Å². The van der Waals surface area contributed by atoms with Gasteiger partial charge in [-0.1, -0.05) is 24.3 Å². The zero-order valence-corrected chi connectivity index (χ0v) is 20.7. The molecular weight excluding hydrogens is 464 g/mol. The van der Waals surface area contributed by atoms with Crippen LogP contribution < -0.4 is 15.2 Å². The Kier molecular flexibility index (Phi) is 8.22. The van der Waals surface area contributed by atoms with Crippen LogP contribution in [0.3, 0.4) is 0 Å². The summed E-state index contributed by atoms with van der Waals surface area (Å²) in [6.45, 7) is 4.79. The molecule has 1 aliphatic rings. The number of carboxylic acid groups (broad SMARTS) is 1. The van der Waals surface area contributed by atoms with E-state index in [4.69, 9.17) is 20.2 Å². The highest BCUT2D eigenvalue weighted by Gasteiger charge is 2.19. The molecule has 8 nitrogen and oxygen atoms in total. The van der Waals surface area contributed by atoms with Gasteiger partial charge in [0.25, 0.3) is 0 Å². The molecule has 1 atom stereocenters. The Balaban J connectivity index is 1.52. The number of nitrogens with two attached hydrogens (primary N) is 1. The van der Waals surface area contributed by atoms with Gasteiger partial charge in [0.15, 0.2) is 0 Å². The first-order valence-corrected chi connectivity index (χ1v) is 12.4. The van der Waals surface area contributed by atoms with Gasteiger partial charge in [0, 0.05) is 16.5 Å². The van der Waals surface area contributed by atoms with Crippen LogP contribution in [0.5, 0.6) is 5.88 Å². The van der Waals surface area contributed by atoms with Crippen molar-refractivity contribution >= 4 is 23.9 Å². The molecule has 1 fully saturated rings. The molecule has 3 aromatic rings. The quantitative estimate of drug-likeness (QED) is 0.321. The largest absolute Gasteiger partial charge is 0.478 e. The Hall–Kier alpha value is -3.14. The standard InChI is InChI=1S/C26H30N4O4S/c1-16-6-3-7-17(2)24(16)22-13-23(34-15-19(27)14-33-20-9-5-10-20)29-26(28-22)30-35-21-11-4-8-18(12-21)25(31)32/h3-4,6-8,11-13,19-20H,5,9-10,14-15,27H2,1-2H3,(H,31,32)(H,28,29,30). The lowest BCUT2D eigenvalue weighted by Crippen LogP contribution is -2.36. The number of anilines is 1. The average Bonchev–Trinajstić information content (AvgIpc) is 2.80. The topological polar surface area (TPSA) is 120 Å². The van der Waals surface area contributed by atoms with E-state index in [1.807, 2.05) is 44.2 Å². The Morgan fingerprint density at radius 1 is 1.14 bits per heavy atom. The maximum Gasteiger partial charge on any atom is 0.335 e. The molecule has 0 spiro atoms. The summed E-state index contributed by atoms with van der Waals surface area (Å²) < 4.78 is 14.9. The first-order chi connectivity index (χ1) is 16.9. The highest BCUT2D eigenvalue weighted by atomic mass is 32.2. The fourth-order valence-electron chi connectivity index (χ4n) is 3.73. The highest BCUT2D eigenvalue weighted by molar-refractivity contribution is 8.00. The molecule has 9 heteroatoms. The first kappa shape index (κ1) is 25.0. The molecular formula is C26H30N4O4S. The molecule has 1 aliphatic carbocycles. The van der Waals surface area contributed by atoms with Gasteiger partial charge in [0.2, 0.25) is 11.8 Å². The Bertz CT molecular complexity index is 1170. The van der Waals surface area contributed by atoms with E-state index in [1.54, 1.807) is 18.2 Å². The van der Waals surface area contributed by atoms with E-state index < -0.39 is 5.97 Å². The number of aryl methyl sites for hydroxylation is 2. The number of carboxylic acids is 1. The number of aromatic carboxylic acids is 1. The summed E-state index contributed by atoms with van der Waals surface area (Å²) in [6.07, 6.45) is 3.73. The molecule has 1 heterocycles. The van der Waals surface area contributed by atoms with Gasteiger partial charge in [-0.25, -0.2) is 9.78 Å². The predicted molar refractivity (Wildman–Crippen MR) is 137 cm³/mol. The highest BCUT2D eigenvalue weighted by Crippen LogP contribution is 2.30. The third-order valence-corrected chi connectivity index (χ3v) is 6.60. The molecule has 4 rings (SSSR count). The van der Waals surface area contributed by atoms with E-state index in [0.717, 1.165) is 40.1 Å². The molecule has 35 heavy (non-hydrogen) atoms. The van der Waals surface area contributed by atoms with Gasteiger partial charge in [-0.05, 0) is 74.4 Å². The summed E-state index contributed by atoms with van der Waals surface area (Å²) in [7, 11) is 0. The molecule has 1 unspecified atom stereocenters. The summed E-state index contributed by atoms with van der Waals surface area (Å²) in [5.41, 5.74) is 10.3. The lowest BCUT2D eigenvalue weighted by Gasteiger charge is -2.26. The number of rotatable bonds is 11. The van der Waals surface area contributed by atoms with Crippen molar-refractivity contribution in [2.75, 3.05) is 17.9 Å². The summed E-state index contributed by atoms with van der Waals surface area (Å²) in [6, 6.07) is 14.3. The zero-order valence-electron chi connectivity index (χ0n) is 19.9. The molecule has 1 saturated carbocycles. The number of carbonyl (C=O) groups is 1. The van der Waals surface area contributed by atoms with Gasteiger partial charge in [-0.3, -0.25) is 4.72 Å². The van der Waals surface area contributed by atoms with E-state index in [0.29, 0.717) is 24.5 Å². The van der Waals surface area contributed by atoms with Gasteiger partial charge < -0.3 is 20.3 Å². The molecule has 0 amide bonds. The number of hydrogen-bond donors (Lipinski definition) is 3. The Morgan fingerprint density at radius 3 is 2.57 bits per heavy atom. The van der Waals surface area contributed by atoms with Gasteiger partial charge in [-0.2, -0.15) is 4.98 Å². The smallest absolute Gasteiger partial charge is 0.335 e. The third kappa shape index (κ3) is 6.72. The Labute approximate surface area is 209 Å². The summed E-state index contributed by atoms with van der Waals surface area (Å²) in [4.78, 5) is 21.2. The SMILES string of the molecule is Cc1cccc(C)c1-c1cc(OCC(N)COC2CCC2)nc(NSc2cccc(C(=O)O)c2)n1. The predicted octanol–water partition coefficient (Wildman–Crippen LogP) is 4.85. The number of nitrogens with zero attached hydrogens (tertiary/aromatic N) is 2. The zero-order chi connectivity index (χ0) is 24.8. The van der Waals surface area contributed by atoms with E-state index in [9.17, 15) is 9.90 Å². The molecule has 0 bridgehead atoms. The molecule has 2 aromatic carbocycles. The second-order valence-electron chi connectivity index (χ2n) is 8.68. The van der Waals surface area contributed by atoms with Gasteiger partial charge in [0.1, 0.15) is 6.61 Å². The van der Waals surface area contributed by atoms with Crippen molar-refractivity contribution in [3.05, 3.63) is 65.2 Å². The summed E-state index contributed by atoms with van der Waals surface area (Å²) in [5, 5.41) is 9.24. The average molecular weight is 495 g/mol. The molecule has 0 radical (unpaired) electrons. The van der Waals surface area contributed by atoms with Crippen LogP contribution in [0.2, 0.25) is 0 Å². The normalized spacial score (nSPS) is 14.3. The van der Waals surface area contributed by atoms with Crippen molar-refractivity contribution < 1.29 is 19.4 Å². The van der Waals surface area contributed by atoms with Crippen LogP contribution in [0.4, 0.5) is 5.95 Å².